The fourth-order valence-corrected chi connectivity index (χ4v) is 3.14. The highest BCUT2D eigenvalue weighted by Gasteiger charge is 2.29. The zero-order chi connectivity index (χ0) is 18.1. The third-order valence-corrected chi connectivity index (χ3v) is 4.42. The summed E-state index contributed by atoms with van der Waals surface area (Å²) in [5.41, 5.74) is 1.10. The van der Waals surface area contributed by atoms with E-state index in [2.05, 4.69) is 0 Å². The van der Waals surface area contributed by atoms with E-state index in [0.29, 0.717) is 32.8 Å². The van der Waals surface area contributed by atoms with Gasteiger partial charge in [-0.15, -0.1) is 0 Å². The van der Waals surface area contributed by atoms with E-state index in [9.17, 15) is 14.7 Å². The Morgan fingerprint density at radius 3 is 2.76 bits per heavy atom. The van der Waals surface area contributed by atoms with E-state index >= 15 is 0 Å². The maximum Gasteiger partial charge on any atom is 0.310 e. The first-order valence-corrected chi connectivity index (χ1v) is 8.95. The summed E-state index contributed by atoms with van der Waals surface area (Å²) < 4.78 is 5.09. The van der Waals surface area contributed by atoms with Crippen LogP contribution in [0.1, 0.15) is 25.3 Å². The highest BCUT2D eigenvalue weighted by atomic mass is 16.5. The summed E-state index contributed by atoms with van der Waals surface area (Å²) in [6.07, 6.45) is 1.58. The number of rotatable bonds is 8. The molecule has 1 saturated heterocycles. The molecule has 1 fully saturated rings. The Balaban J connectivity index is 1.92. The first-order chi connectivity index (χ1) is 12.1. The summed E-state index contributed by atoms with van der Waals surface area (Å²) in [6.45, 7) is 4.56. The predicted molar refractivity (Wildman–Crippen MR) is 94.7 cm³/mol. The van der Waals surface area contributed by atoms with Crippen LogP contribution >= 0.6 is 0 Å². The number of likely N-dealkylation sites (tertiary alicyclic amines) is 1. The molecule has 0 aliphatic carbocycles. The van der Waals surface area contributed by atoms with Crippen molar-refractivity contribution in [3.8, 4) is 0 Å². The van der Waals surface area contributed by atoms with E-state index in [1.165, 1.54) is 0 Å². The molecular formula is C19H28N2O4. The van der Waals surface area contributed by atoms with Crippen molar-refractivity contribution in [2.24, 2.45) is 5.92 Å². The Labute approximate surface area is 149 Å². The summed E-state index contributed by atoms with van der Waals surface area (Å²) in [6, 6.07) is 9.89. The van der Waals surface area contributed by atoms with Gasteiger partial charge in [0.15, 0.2) is 0 Å². The molecule has 0 bridgehead atoms. The minimum Gasteiger partial charge on any atom is -0.466 e. The first kappa shape index (κ1) is 19.4. The number of piperidine rings is 1. The molecule has 1 atom stereocenters. The molecule has 6 heteroatoms. The van der Waals surface area contributed by atoms with Crippen molar-refractivity contribution in [3.05, 3.63) is 35.9 Å². The molecule has 0 radical (unpaired) electrons. The highest BCUT2D eigenvalue weighted by Crippen LogP contribution is 2.18. The number of aliphatic hydroxyl groups excluding tert-OH is 1. The van der Waals surface area contributed by atoms with Crippen LogP contribution in [0.5, 0.6) is 0 Å². The number of carbonyl (C=O) groups excluding carboxylic acids is 2. The van der Waals surface area contributed by atoms with E-state index in [0.717, 1.165) is 18.4 Å². The Kier molecular flexibility index (Phi) is 7.88. The van der Waals surface area contributed by atoms with Crippen LogP contribution in [0.3, 0.4) is 0 Å². The average molecular weight is 348 g/mol. The highest BCUT2D eigenvalue weighted by molar-refractivity contribution is 5.80. The summed E-state index contributed by atoms with van der Waals surface area (Å²) in [7, 11) is 0. The van der Waals surface area contributed by atoms with Crippen LogP contribution in [0, 0.1) is 5.92 Å². The van der Waals surface area contributed by atoms with Crippen molar-refractivity contribution < 1.29 is 19.4 Å². The third kappa shape index (κ3) is 6.14. The second kappa shape index (κ2) is 10.2. The van der Waals surface area contributed by atoms with Crippen LogP contribution in [0.2, 0.25) is 0 Å². The smallest absolute Gasteiger partial charge is 0.310 e. The Morgan fingerprint density at radius 1 is 1.32 bits per heavy atom. The monoisotopic (exact) mass is 348 g/mol. The van der Waals surface area contributed by atoms with Gasteiger partial charge in [0.25, 0.3) is 0 Å². The topological polar surface area (TPSA) is 70.1 Å². The lowest BCUT2D eigenvalue weighted by Crippen LogP contribution is -2.47. The number of amides is 1. The Morgan fingerprint density at radius 2 is 2.08 bits per heavy atom. The summed E-state index contributed by atoms with van der Waals surface area (Å²) in [4.78, 5) is 28.3. The van der Waals surface area contributed by atoms with Gasteiger partial charge >= 0.3 is 5.97 Å². The number of carbonyl (C=O) groups is 2. The number of esters is 1. The fraction of sp³-hybridized carbons (Fsp3) is 0.579. The standard InChI is InChI=1S/C19H28N2O4/c1-2-25-19(24)17-9-6-10-21(14-17)18(23)15-20(11-12-22)13-16-7-4-3-5-8-16/h3-5,7-8,17,22H,2,6,9-15H2,1H3/t17-/m0/s1. The second-order valence-electron chi connectivity index (χ2n) is 6.35. The van der Waals surface area contributed by atoms with Crippen molar-refractivity contribution in [1.29, 1.82) is 0 Å². The summed E-state index contributed by atoms with van der Waals surface area (Å²) in [5, 5.41) is 9.28. The van der Waals surface area contributed by atoms with Crippen molar-refractivity contribution in [2.45, 2.75) is 26.3 Å². The Hall–Kier alpha value is -1.92. The molecule has 1 aromatic carbocycles. The zero-order valence-electron chi connectivity index (χ0n) is 14.9. The fourth-order valence-electron chi connectivity index (χ4n) is 3.14. The largest absolute Gasteiger partial charge is 0.466 e. The van der Waals surface area contributed by atoms with E-state index < -0.39 is 0 Å². The van der Waals surface area contributed by atoms with Gasteiger partial charge in [0.2, 0.25) is 5.91 Å². The summed E-state index contributed by atoms with van der Waals surface area (Å²) in [5.74, 6) is -0.437. The van der Waals surface area contributed by atoms with Crippen LogP contribution in [-0.4, -0.2) is 66.2 Å². The molecule has 138 valence electrons. The zero-order valence-corrected chi connectivity index (χ0v) is 14.9. The predicted octanol–water partition coefficient (Wildman–Crippen LogP) is 1.28. The minimum absolute atomic E-state index is 0.00150. The molecule has 2 rings (SSSR count). The van der Waals surface area contributed by atoms with Gasteiger partial charge in [-0.25, -0.2) is 0 Å². The van der Waals surface area contributed by atoms with Crippen LogP contribution in [-0.2, 0) is 20.9 Å². The normalized spacial score (nSPS) is 17.6. The van der Waals surface area contributed by atoms with Gasteiger partial charge in [-0.3, -0.25) is 14.5 Å². The SMILES string of the molecule is CCOC(=O)[C@H]1CCCN(C(=O)CN(CCO)Cc2ccccc2)C1. The Bertz CT molecular complexity index is 550. The molecule has 0 unspecified atom stereocenters. The third-order valence-electron chi connectivity index (χ3n) is 4.42. The maximum atomic E-state index is 12.7. The molecule has 1 aliphatic rings. The van der Waals surface area contributed by atoms with E-state index in [1.54, 1.807) is 11.8 Å². The molecule has 1 amide bonds. The van der Waals surface area contributed by atoms with Crippen LogP contribution in [0.25, 0.3) is 0 Å². The molecule has 1 heterocycles. The van der Waals surface area contributed by atoms with Gasteiger partial charge in [-0.2, -0.15) is 0 Å². The quantitative estimate of drug-likeness (QED) is 0.717. The molecule has 6 nitrogen and oxygen atoms in total. The number of aliphatic hydroxyl groups is 1. The molecule has 25 heavy (non-hydrogen) atoms. The van der Waals surface area contributed by atoms with Crippen molar-refractivity contribution in [1.82, 2.24) is 9.80 Å². The number of benzene rings is 1. The lowest BCUT2D eigenvalue weighted by molar-refractivity contribution is -0.151. The van der Waals surface area contributed by atoms with Crippen LogP contribution in [0.4, 0.5) is 0 Å². The molecule has 1 N–H and O–H groups in total. The van der Waals surface area contributed by atoms with Crippen LogP contribution < -0.4 is 0 Å². The van der Waals surface area contributed by atoms with E-state index in [-0.39, 0.29) is 30.9 Å². The van der Waals surface area contributed by atoms with E-state index in [4.69, 9.17) is 4.74 Å². The second-order valence-corrected chi connectivity index (χ2v) is 6.35. The van der Waals surface area contributed by atoms with Gasteiger partial charge in [0, 0.05) is 26.2 Å². The van der Waals surface area contributed by atoms with Crippen molar-refractivity contribution >= 4 is 11.9 Å². The van der Waals surface area contributed by atoms with Gasteiger partial charge in [0.1, 0.15) is 0 Å². The molecule has 0 spiro atoms. The van der Waals surface area contributed by atoms with Gasteiger partial charge in [-0.1, -0.05) is 30.3 Å². The van der Waals surface area contributed by atoms with Crippen molar-refractivity contribution in [2.75, 3.05) is 39.4 Å². The number of ether oxygens (including phenoxy) is 1. The molecule has 1 aliphatic heterocycles. The maximum absolute atomic E-state index is 12.7. The number of nitrogens with zero attached hydrogens (tertiary/aromatic N) is 2. The van der Waals surface area contributed by atoms with Gasteiger partial charge in [-0.05, 0) is 25.3 Å². The minimum atomic E-state index is -0.224. The molecule has 1 aromatic rings. The number of hydrogen-bond acceptors (Lipinski definition) is 5. The van der Waals surface area contributed by atoms with Gasteiger partial charge in [0.05, 0.1) is 25.7 Å². The van der Waals surface area contributed by atoms with Crippen LogP contribution in [0.15, 0.2) is 30.3 Å². The average Bonchev–Trinajstić information content (AvgIpc) is 2.63. The summed E-state index contributed by atoms with van der Waals surface area (Å²) >= 11 is 0. The van der Waals surface area contributed by atoms with Crippen molar-refractivity contribution in [3.63, 3.8) is 0 Å². The lowest BCUT2D eigenvalue weighted by Gasteiger charge is -2.33. The molecule has 0 aromatic heterocycles. The molecule has 0 saturated carbocycles. The number of hydrogen-bond donors (Lipinski definition) is 1. The lowest BCUT2D eigenvalue weighted by atomic mass is 9.98. The first-order valence-electron chi connectivity index (χ1n) is 8.95. The van der Waals surface area contributed by atoms with Gasteiger partial charge < -0.3 is 14.7 Å². The molecular weight excluding hydrogens is 320 g/mol. The van der Waals surface area contributed by atoms with E-state index in [1.807, 2.05) is 35.2 Å².